The molecule has 0 radical (unpaired) electrons. The molecule has 0 heterocycles. The average molecular weight is 122 g/mol. The molecule has 50 valence electrons. The molecule has 8 heavy (non-hydrogen) atoms. The molecule has 0 aromatic carbocycles. The molecule has 0 aromatic heterocycles. The van der Waals surface area contributed by atoms with Crippen LogP contribution in [-0.2, 0) is 9.47 Å². The highest BCUT2D eigenvalue weighted by Crippen LogP contribution is 1.88. The van der Waals surface area contributed by atoms with E-state index in [0.717, 1.165) is 0 Å². The Hall–Kier alpha value is -0.150. The van der Waals surface area contributed by atoms with Crippen LogP contribution in [0.15, 0.2) is 0 Å². The number of halogens is 1. The molecule has 2 nitrogen and oxygen atoms in total. The van der Waals surface area contributed by atoms with E-state index in [2.05, 4.69) is 4.74 Å². The highest BCUT2D eigenvalue weighted by molar-refractivity contribution is 4.27. The molecule has 0 spiro atoms. The van der Waals surface area contributed by atoms with Gasteiger partial charge in [-0.15, -0.1) is 0 Å². The van der Waals surface area contributed by atoms with Crippen LogP contribution >= 0.6 is 0 Å². The third kappa shape index (κ3) is 4.02. The van der Waals surface area contributed by atoms with Crippen LogP contribution in [0, 0.1) is 0 Å². The Morgan fingerprint density at radius 2 is 2.25 bits per heavy atom. The van der Waals surface area contributed by atoms with Crippen molar-refractivity contribution in [2.45, 2.75) is 13.2 Å². The SMILES string of the molecule is COC(C)OCCF. The fourth-order valence-corrected chi connectivity index (χ4v) is 0.279. The molecule has 0 saturated heterocycles. The van der Waals surface area contributed by atoms with Gasteiger partial charge in [0.25, 0.3) is 0 Å². The van der Waals surface area contributed by atoms with Crippen LogP contribution in [-0.4, -0.2) is 26.7 Å². The van der Waals surface area contributed by atoms with Crippen molar-refractivity contribution >= 4 is 0 Å². The second kappa shape index (κ2) is 5.00. The van der Waals surface area contributed by atoms with E-state index in [1.807, 2.05) is 0 Å². The van der Waals surface area contributed by atoms with Crippen molar-refractivity contribution in [3.63, 3.8) is 0 Å². The van der Waals surface area contributed by atoms with Crippen molar-refractivity contribution in [3.8, 4) is 0 Å². The molecule has 1 atom stereocenters. The maximum absolute atomic E-state index is 11.3. The van der Waals surface area contributed by atoms with E-state index >= 15 is 0 Å². The lowest BCUT2D eigenvalue weighted by atomic mass is 10.7. The van der Waals surface area contributed by atoms with Crippen molar-refractivity contribution in [2.24, 2.45) is 0 Å². The predicted octanol–water partition coefficient (Wildman–Crippen LogP) is 0.965. The third-order valence-electron chi connectivity index (χ3n) is 0.762. The van der Waals surface area contributed by atoms with Gasteiger partial charge in [0, 0.05) is 7.11 Å². The minimum absolute atomic E-state index is 0.120. The van der Waals surface area contributed by atoms with Gasteiger partial charge >= 0.3 is 0 Å². The van der Waals surface area contributed by atoms with E-state index < -0.39 is 6.67 Å². The molecule has 0 fully saturated rings. The summed E-state index contributed by atoms with van der Waals surface area (Å²) < 4.78 is 20.7. The maximum Gasteiger partial charge on any atom is 0.154 e. The van der Waals surface area contributed by atoms with E-state index in [0.29, 0.717) is 0 Å². The zero-order valence-electron chi connectivity index (χ0n) is 5.19. The third-order valence-corrected chi connectivity index (χ3v) is 0.762. The first-order valence-electron chi connectivity index (χ1n) is 2.51. The summed E-state index contributed by atoms with van der Waals surface area (Å²) >= 11 is 0. The highest BCUT2D eigenvalue weighted by atomic mass is 19.1. The second-order valence-electron chi connectivity index (χ2n) is 1.36. The zero-order chi connectivity index (χ0) is 6.41. The zero-order valence-corrected chi connectivity index (χ0v) is 5.19. The maximum atomic E-state index is 11.3. The lowest BCUT2D eigenvalue weighted by Crippen LogP contribution is -2.11. The van der Waals surface area contributed by atoms with E-state index in [-0.39, 0.29) is 12.9 Å². The summed E-state index contributed by atoms with van der Waals surface area (Å²) in [5, 5.41) is 0. The molecule has 0 aliphatic heterocycles. The number of methoxy groups -OCH3 is 1. The normalized spacial score (nSPS) is 13.9. The van der Waals surface area contributed by atoms with Gasteiger partial charge in [-0.05, 0) is 6.92 Å². The molecule has 0 rings (SSSR count). The van der Waals surface area contributed by atoms with Crippen LogP contribution in [0.5, 0.6) is 0 Å². The number of hydrogen-bond donors (Lipinski definition) is 0. The summed E-state index contributed by atoms with van der Waals surface area (Å²) in [6, 6.07) is 0. The topological polar surface area (TPSA) is 18.5 Å². The van der Waals surface area contributed by atoms with E-state index in [1.165, 1.54) is 7.11 Å². The number of hydrogen-bond acceptors (Lipinski definition) is 2. The number of rotatable bonds is 4. The molecule has 0 aliphatic rings. The van der Waals surface area contributed by atoms with Gasteiger partial charge in [-0.25, -0.2) is 4.39 Å². The Morgan fingerprint density at radius 3 is 2.62 bits per heavy atom. The molecule has 0 N–H and O–H groups in total. The predicted molar refractivity (Wildman–Crippen MR) is 28.4 cm³/mol. The fraction of sp³-hybridized carbons (Fsp3) is 1.00. The Morgan fingerprint density at radius 1 is 1.62 bits per heavy atom. The van der Waals surface area contributed by atoms with Crippen LogP contribution in [0.25, 0.3) is 0 Å². The van der Waals surface area contributed by atoms with Crippen LogP contribution in [0.1, 0.15) is 6.92 Å². The van der Waals surface area contributed by atoms with Crippen molar-refractivity contribution in [2.75, 3.05) is 20.4 Å². The first kappa shape index (κ1) is 7.85. The Labute approximate surface area is 48.6 Å². The van der Waals surface area contributed by atoms with Gasteiger partial charge in [0.15, 0.2) is 6.29 Å². The first-order chi connectivity index (χ1) is 3.81. The Bertz CT molecular complexity index is 49.7. The quantitative estimate of drug-likeness (QED) is 0.517. The summed E-state index contributed by atoms with van der Waals surface area (Å²) in [6.07, 6.45) is -0.286. The van der Waals surface area contributed by atoms with Crippen LogP contribution in [0.2, 0.25) is 0 Å². The summed E-state index contributed by atoms with van der Waals surface area (Å²) in [4.78, 5) is 0. The minimum Gasteiger partial charge on any atom is -0.356 e. The summed E-state index contributed by atoms with van der Waals surface area (Å²) in [7, 11) is 1.52. The molecule has 0 saturated carbocycles. The van der Waals surface area contributed by atoms with Crippen molar-refractivity contribution in [1.29, 1.82) is 0 Å². The molecule has 1 unspecified atom stereocenters. The molecular formula is C5H11FO2. The second-order valence-corrected chi connectivity index (χ2v) is 1.36. The van der Waals surface area contributed by atoms with Gasteiger partial charge in [0.05, 0.1) is 6.61 Å². The van der Waals surface area contributed by atoms with Crippen molar-refractivity contribution in [3.05, 3.63) is 0 Å². The van der Waals surface area contributed by atoms with E-state index in [9.17, 15) is 4.39 Å². The van der Waals surface area contributed by atoms with Gasteiger partial charge in [0.2, 0.25) is 0 Å². The molecule has 3 heteroatoms. The van der Waals surface area contributed by atoms with Gasteiger partial charge in [0.1, 0.15) is 6.67 Å². The van der Waals surface area contributed by atoms with Crippen molar-refractivity contribution < 1.29 is 13.9 Å². The Balaban J connectivity index is 2.86. The largest absolute Gasteiger partial charge is 0.356 e. The summed E-state index contributed by atoms with van der Waals surface area (Å²) in [6.45, 7) is 1.39. The number of ether oxygens (including phenoxy) is 2. The van der Waals surface area contributed by atoms with Crippen LogP contribution in [0.4, 0.5) is 4.39 Å². The first-order valence-corrected chi connectivity index (χ1v) is 2.51. The van der Waals surface area contributed by atoms with Gasteiger partial charge < -0.3 is 9.47 Å². The average Bonchev–Trinajstić information content (AvgIpc) is 1.83. The monoisotopic (exact) mass is 122 g/mol. The molecule has 0 bridgehead atoms. The molecular weight excluding hydrogens is 111 g/mol. The molecule has 0 aliphatic carbocycles. The van der Waals surface area contributed by atoms with Gasteiger partial charge in [-0.2, -0.15) is 0 Å². The standard InChI is InChI=1S/C5H11FO2/c1-5(7-2)8-4-3-6/h5H,3-4H2,1-2H3. The van der Waals surface area contributed by atoms with Crippen LogP contribution in [0.3, 0.4) is 0 Å². The number of alkyl halides is 1. The minimum atomic E-state index is -0.451. The van der Waals surface area contributed by atoms with Crippen molar-refractivity contribution in [1.82, 2.24) is 0 Å². The smallest absolute Gasteiger partial charge is 0.154 e. The fourth-order valence-electron chi connectivity index (χ4n) is 0.279. The lowest BCUT2D eigenvalue weighted by molar-refractivity contribution is -0.113. The van der Waals surface area contributed by atoms with Crippen LogP contribution < -0.4 is 0 Å². The highest BCUT2D eigenvalue weighted by Gasteiger charge is 1.94. The van der Waals surface area contributed by atoms with E-state index in [1.54, 1.807) is 6.92 Å². The van der Waals surface area contributed by atoms with Gasteiger partial charge in [-0.3, -0.25) is 0 Å². The lowest BCUT2D eigenvalue weighted by Gasteiger charge is -2.07. The van der Waals surface area contributed by atoms with E-state index in [4.69, 9.17) is 4.74 Å². The molecule has 0 aromatic rings. The molecule has 0 amide bonds. The summed E-state index contributed by atoms with van der Waals surface area (Å²) in [5.41, 5.74) is 0. The van der Waals surface area contributed by atoms with Gasteiger partial charge in [-0.1, -0.05) is 0 Å². The Kier molecular flexibility index (Phi) is 4.90. The summed E-state index contributed by atoms with van der Waals surface area (Å²) in [5.74, 6) is 0.